The van der Waals surface area contributed by atoms with E-state index in [9.17, 15) is 31.5 Å². The summed E-state index contributed by atoms with van der Waals surface area (Å²) in [6.07, 6.45) is -5.53. The summed E-state index contributed by atoms with van der Waals surface area (Å²) in [7, 11) is 0. The Labute approximate surface area is 121 Å². The van der Waals surface area contributed by atoms with E-state index in [1.165, 1.54) is 5.32 Å². The molecule has 0 aliphatic carbocycles. The average molecular weight is 368 g/mol. The fraction of sp³-hybridized carbons (Fsp3) is 0.818. The molecule has 0 aliphatic rings. The highest BCUT2D eigenvalue weighted by atomic mass is 79.9. The van der Waals surface area contributed by atoms with E-state index in [0.717, 1.165) is 0 Å². The van der Waals surface area contributed by atoms with Crippen molar-refractivity contribution in [3.05, 3.63) is 0 Å². The molecule has 0 aromatic rings. The van der Waals surface area contributed by atoms with Gasteiger partial charge in [0, 0.05) is 12.0 Å². The zero-order valence-corrected chi connectivity index (χ0v) is 12.5. The predicted octanol–water partition coefficient (Wildman–Crippen LogP) is 3.07. The maximum atomic E-state index is 12.8. The average Bonchev–Trinajstić information content (AvgIpc) is 2.38. The summed E-state index contributed by atoms with van der Waals surface area (Å²) >= 11 is 2.92. The quantitative estimate of drug-likeness (QED) is 0.555. The van der Waals surface area contributed by atoms with Crippen LogP contribution >= 0.6 is 15.9 Å². The molecule has 0 unspecified atom stereocenters. The van der Waals surface area contributed by atoms with Crippen LogP contribution in [-0.2, 0) is 9.59 Å². The van der Waals surface area contributed by atoms with Crippen LogP contribution in [0.15, 0.2) is 0 Å². The molecule has 1 amide bonds. The number of hydrogen-bond donors (Lipinski definition) is 1. The lowest BCUT2D eigenvalue weighted by Crippen LogP contribution is -2.53. The first-order valence-corrected chi connectivity index (χ1v) is 6.92. The van der Waals surface area contributed by atoms with E-state index in [1.54, 1.807) is 13.8 Å². The Bertz CT molecular complexity index is 366. The second-order valence-corrected chi connectivity index (χ2v) is 4.86. The molecule has 0 spiro atoms. The standard InChI is InChI=1S/C11H15BrF5NO2/c1-3-9(4-2,7(19)5-12)6-18-8(20)10(13,14)11(15,16)17/h3-6H2,1-2H3,(H,18,20). The van der Waals surface area contributed by atoms with Gasteiger partial charge in [-0.25, -0.2) is 0 Å². The van der Waals surface area contributed by atoms with Gasteiger partial charge in [-0.05, 0) is 12.8 Å². The van der Waals surface area contributed by atoms with E-state index in [0.29, 0.717) is 0 Å². The number of carbonyl (C=O) groups is 2. The van der Waals surface area contributed by atoms with Gasteiger partial charge in [-0.15, -0.1) is 0 Å². The number of ketones is 1. The molecule has 0 saturated carbocycles. The fourth-order valence-corrected chi connectivity index (χ4v) is 2.22. The van der Waals surface area contributed by atoms with Crippen LogP contribution in [-0.4, -0.2) is 35.7 Å². The molecule has 0 aromatic heterocycles. The van der Waals surface area contributed by atoms with Gasteiger partial charge in [-0.3, -0.25) is 9.59 Å². The van der Waals surface area contributed by atoms with Crippen molar-refractivity contribution in [1.29, 1.82) is 0 Å². The number of rotatable bonds is 7. The lowest BCUT2D eigenvalue weighted by atomic mass is 9.78. The molecule has 20 heavy (non-hydrogen) atoms. The summed E-state index contributed by atoms with van der Waals surface area (Å²) in [6, 6.07) is 0. The molecule has 0 aromatic carbocycles. The van der Waals surface area contributed by atoms with Crippen LogP contribution in [0.2, 0.25) is 0 Å². The van der Waals surface area contributed by atoms with Crippen molar-refractivity contribution in [2.24, 2.45) is 5.41 Å². The van der Waals surface area contributed by atoms with E-state index in [2.05, 4.69) is 15.9 Å². The second kappa shape index (κ2) is 6.82. The van der Waals surface area contributed by atoms with E-state index in [4.69, 9.17) is 0 Å². The van der Waals surface area contributed by atoms with Crippen molar-refractivity contribution >= 4 is 27.6 Å². The molecule has 118 valence electrons. The van der Waals surface area contributed by atoms with Crippen molar-refractivity contribution < 1.29 is 31.5 Å². The molecule has 0 heterocycles. The highest BCUT2D eigenvalue weighted by molar-refractivity contribution is 9.09. The fourth-order valence-electron chi connectivity index (χ4n) is 1.62. The molecular formula is C11H15BrF5NO2. The van der Waals surface area contributed by atoms with Gasteiger partial charge in [0.25, 0.3) is 5.91 Å². The number of carbonyl (C=O) groups excluding carboxylic acids is 2. The number of Topliss-reactive ketones (excluding diaryl/α,β-unsaturated/α-hetero) is 1. The van der Waals surface area contributed by atoms with Crippen LogP contribution in [0.4, 0.5) is 22.0 Å². The first-order valence-electron chi connectivity index (χ1n) is 5.80. The van der Waals surface area contributed by atoms with Gasteiger partial charge in [0.1, 0.15) is 0 Å². The normalized spacial score (nSPS) is 13.2. The Morgan fingerprint density at radius 2 is 1.50 bits per heavy atom. The van der Waals surface area contributed by atoms with E-state index < -0.39 is 30.0 Å². The molecule has 3 nitrogen and oxygen atoms in total. The number of halogens is 6. The van der Waals surface area contributed by atoms with Crippen molar-refractivity contribution in [2.45, 2.75) is 38.8 Å². The van der Waals surface area contributed by atoms with Crippen LogP contribution in [0.3, 0.4) is 0 Å². The molecule has 0 fully saturated rings. The first kappa shape index (κ1) is 19.3. The minimum Gasteiger partial charge on any atom is -0.350 e. The summed E-state index contributed by atoms with van der Waals surface area (Å²) in [5.41, 5.74) is -1.15. The largest absolute Gasteiger partial charge is 0.463 e. The van der Waals surface area contributed by atoms with Gasteiger partial charge < -0.3 is 5.32 Å². The Hall–Kier alpha value is -0.730. The van der Waals surface area contributed by atoms with Gasteiger partial charge in [-0.2, -0.15) is 22.0 Å². The summed E-state index contributed by atoms with van der Waals surface area (Å²) in [5, 5.41) is 1.47. The molecule has 0 atom stereocenters. The first-order chi connectivity index (χ1) is 8.98. The summed E-state index contributed by atoms with van der Waals surface area (Å²) in [6.45, 7) is 2.63. The molecule has 0 aliphatic heterocycles. The minimum atomic E-state index is -5.96. The third kappa shape index (κ3) is 3.89. The zero-order chi connectivity index (χ0) is 16.2. The summed E-state index contributed by atoms with van der Waals surface area (Å²) in [5.74, 6) is -8.28. The molecule has 0 rings (SSSR count). The van der Waals surface area contributed by atoms with Crippen LogP contribution in [0.25, 0.3) is 0 Å². The van der Waals surface area contributed by atoms with Crippen LogP contribution in [0.1, 0.15) is 26.7 Å². The van der Waals surface area contributed by atoms with Gasteiger partial charge >= 0.3 is 12.1 Å². The SMILES string of the molecule is CCC(CC)(CNC(=O)C(F)(F)C(F)(F)F)C(=O)CBr. The van der Waals surface area contributed by atoms with E-state index in [1.807, 2.05) is 0 Å². The highest BCUT2D eigenvalue weighted by Gasteiger charge is 2.63. The third-order valence-corrected chi connectivity index (χ3v) is 3.80. The maximum absolute atomic E-state index is 12.8. The Balaban J connectivity index is 4.99. The number of amides is 1. The monoisotopic (exact) mass is 367 g/mol. The molecule has 1 N–H and O–H groups in total. The zero-order valence-electron chi connectivity index (χ0n) is 10.9. The smallest absolute Gasteiger partial charge is 0.350 e. The van der Waals surface area contributed by atoms with Gasteiger partial charge in [0.15, 0.2) is 5.78 Å². The molecule has 0 bridgehead atoms. The van der Waals surface area contributed by atoms with Crippen LogP contribution in [0.5, 0.6) is 0 Å². The Morgan fingerprint density at radius 3 is 1.80 bits per heavy atom. The van der Waals surface area contributed by atoms with Crippen molar-refractivity contribution in [3.63, 3.8) is 0 Å². The minimum absolute atomic E-state index is 0.0692. The highest BCUT2D eigenvalue weighted by Crippen LogP contribution is 2.36. The molecule has 0 radical (unpaired) electrons. The summed E-state index contributed by atoms with van der Waals surface area (Å²) in [4.78, 5) is 22.7. The van der Waals surface area contributed by atoms with Crippen LogP contribution < -0.4 is 5.32 Å². The van der Waals surface area contributed by atoms with Crippen molar-refractivity contribution in [2.75, 3.05) is 11.9 Å². The third-order valence-electron chi connectivity index (χ3n) is 3.29. The molecule has 9 heteroatoms. The van der Waals surface area contributed by atoms with Crippen molar-refractivity contribution in [1.82, 2.24) is 5.32 Å². The van der Waals surface area contributed by atoms with Gasteiger partial charge in [-0.1, -0.05) is 29.8 Å². The Kier molecular flexibility index (Phi) is 6.57. The predicted molar refractivity (Wildman–Crippen MR) is 65.8 cm³/mol. The molecular weight excluding hydrogens is 353 g/mol. The summed E-state index contributed by atoms with van der Waals surface area (Å²) < 4.78 is 61.5. The Morgan fingerprint density at radius 1 is 1.05 bits per heavy atom. The van der Waals surface area contributed by atoms with E-state index >= 15 is 0 Å². The number of nitrogens with one attached hydrogen (secondary N) is 1. The molecule has 0 saturated heterocycles. The van der Waals surface area contributed by atoms with Crippen molar-refractivity contribution in [3.8, 4) is 0 Å². The maximum Gasteiger partial charge on any atom is 0.463 e. The van der Waals surface area contributed by atoms with E-state index in [-0.39, 0.29) is 24.0 Å². The van der Waals surface area contributed by atoms with Crippen LogP contribution in [0, 0.1) is 5.41 Å². The number of alkyl halides is 6. The van der Waals surface area contributed by atoms with Gasteiger partial charge in [0.2, 0.25) is 0 Å². The lowest BCUT2D eigenvalue weighted by Gasteiger charge is -2.30. The van der Waals surface area contributed by atoms with Gasteiger partial charge in [0.05, 0.1) is 5.33 Å². The number of hydrogen-bond acceptors (Lipinski definition) is 2. The second-order valence-electron chi connectivity index (χ2n) is 4.30. The topological polar surface area (TPSA) is 46.2 Å². The lowest BCUT2D eigenvalue weighted by molar-refractivity contribution is -0.269.